The highest BCUT2D eigenvalue weighted by molar-refractivity contribution is 6.24. The van der Waals surface area contributed by atoms with Crippen LogP contribution in [0.4, 0.5) is 0 Å². The Bertz CT molecular complexity index is 1150. The van der Waals surface area contributed by atoms with Crippen molar-refractivity contribution in [2.45, 2.75) is 58.1 Å². The van der Waals surface area contributed by atoms with Gasteiger partial charge < -0.3 is 4.74 Å². The van der Waals surface area contributed by atoms with E-state index in [1.807, 2.05) is 25.7 Å². The Balaban J connectivity index is 1.43. The van der Waals surface area contributed by atoms with Crippen LogP contribution < -0.4 is 5.32 Å². The fourth-order valence-corrected chi connectivity index (χ4v) is 4.59. The molecule has 1 atom stereocenters. The minimum atomic E-state index is -1.00. The number of imide groups is 2. The number of amides is 4. The summed E-state index contributed by atoms with van der Waals surface area (Å²) in [6, 6.07) is 3.92. The number of nitrogens with one attached hydrogen (secondary N) is 1. The molecule has 1 N–H and O–H groups in total. The average molecular weight is 480 g/mol. The summed E-state index contributed by atoms with van der Waals surface area (Å²) in [5.74, 6) is 4.01. The molecule has 1 aromatic carbocycles. The number of nitrogens with zero attached hydrogens (tertiary/aromatic N) is 2. The third-order valence-corrected chi connectivity index (χ3v) is 6.24. The maximum absolute atomic E-state index is 13.2. The van der Waals surface area contributed by atoms with Gasteiger partial charge in [0.15, 0.2) is 0 Å². The first kappa shape index (κ1) is 24.6. The summed E-state index contributed by atoms with van der Waals surface area (Å²) in [5, 5.41) is 2.20. The van der Waals surface area contributed by atoms with Crippen LogP contribution in [0.25, 0.3) is 0 Å². The predicted octanol–water partition coefficient (Wildman–Crippen LogP) is 1.49. The summed E-state index contributed by atoms with van der Waals surface area (Å²) in [7, 11) is 0. The average Bonchev–Trinajstić information content (AvgIpc) is 3.03. The number of ether oxygens (including phenoxy) is 1. The molecule has 9 heteroatoms. The van der Waals surface area contributed by atoms with Crippen LogP contribution >= 0.6 is 0 Å². The van der Waals surface area contributed by atoms with Crippen LogP contribution in [0.5, 0.6) is 0 Å². The first-order valence-electron chi connectivity index (χ1n) is 11.8. The van der Waals surface area contributed by atoms with Gasteiger partial charge in [-0.1, -0.05) is 17.9 Å². The zero-order valence-electron chi connectivity index (χ0n) is 20.2. The minimum Gasteiger partial charge on any atom is -0.459 e. The van der Waals surface area contributed by atoms with Gasteiger partial charge in [0.05, 0.1) is 17.7 Å². The molecule has 0 saturated carbocycles. The maximum atomic E-state index is 13.2. The zero-order chi connectivity index (χ0) is 25.3. The second-order valence-corrected chi connectivity index (χ2v) is 10.1. The van der Waals surface area contributed by atoms with Gasteiger partial charge in [-0.05, 0) is 65.3 Å². The molecule has 4 rings (SSSR count). The van der Waals surface area contributed by atoms with Crippen molar-refractivity contribution in [1.82, 2.24) is 15.1 Å². The largest absolute Gasteiger partial charge is 0.459 e. The summed E-state index contributed by atoms with van der Waals surface area (Å²) in [6.07, 6.45) is 1.74. The normalized spacial score (nSPS) is 21.3. The van der Waals surface area contributed by atoms with Crippen molar-refractivity contribution in [3.63, 3.8) is 0 Å². The van der Waals surface area contributed by atoms with Gasteiger partial charge in [-0.2, -0.15) is 0 Å². The van der Waals surface area contributed by atoms with Crippen LogP contribution in [0.15, 0.2) is 18.2 Å². The van der Waals surface area contributed by atoms with Gasteiger partial charge in [0.1, 0.15) is 11.6 Å². The molecule has 0 aromatic heterocycles. The Labute approximate surface area is 204 Å². The molecular weight excluding hydrogens is 450 g/mol. The maximum Gasteiger partial charge on any atom is 0.320 e. The minimum absolute atomic E-state index is 0.0725. The molecule has 0 radical (unpaired) electrons. The van der Waals surface area contributed by atoms with E-state index in [9.17, 15) is 24.0 Å². The van der Waals surface area contributed by atoms with Crippen molar-refractivity contribution in [1.29, 1.82) is 0 Å². The second kappa shape index (κ2) is 9.62. The molecule has 1 unspecified atom stereocenters. The zero-order valence-corrected chi connectivity index (χ0v) is 20.2. The van der Waals surface area contributed by atoms with Crippen molar-refractivity contribution >= 4 is 29.6 Å². The Kier molecular flexibility index (Phi) is 6.77. The molecule has 0 aliphatic carbocycles. The topological polar surface area (TPSA) is 113 Å². The van der Waals surface area contributed by atoms with Crippen molar-refractivity contribution in [3.8, 4) is 11.8 Å². The summed E-state index contributed by atoms with van der Waals surface area (Å²) < 4.78 is 5.38. The molecule has 3 aliphatic rings. The van der Waals surface area contributed by atoms with Crippen LogP contribution in [0, 0.1) is 17.8 Å². The van der Waals surface area contributed by atoms with E-state index in [0.29, 0.717) is 18.7 Å². The first-order chi connectivity index (χ1) is 16.5. The highest BCUT2D eigenvalue weighted by Gasteiger charge is 2.45. The first-order valence-corrected chi connectivity index (χ1v) is 11.8. The highest BCUT2D eigenvalue weighted by Crippen LogP contribution is 2.30. The van der Waals surface area contributed by atoms with E-state index in [1.165, 1.54) is 0 Å². The van der Waals surface area contributed by atoms with Gasteiger partial charge >= 0.3 is 5.97 Å². The molecule has 3 heterocycles. The van der Waals surface area contributed by atoms with Crippen molar-refractivity contribution in [2.24, 2.45) is 5.92 Å². The molecule has 3 aliphatic heterocycles. The second-order valence-electron chi connectivity index (χ2n) is 10.1. The Hall–Kier alpha value is -3.51. The lowest BCUT2D eigenvalue weighted by Crippen LogP contribution is -2.54. The molecule has 9 nitrogen and oxygen atoms in total. The van der Waals surface area contributed by atoms with Crippen LogP contribution in [0.3, 0.4) is 0 Å². The number of piperidine rings is 2. The number of carbonyl (C=O) groups excluding carboxylic acids is 5. The van der Waals surface area contributed by atoms with Gasteiger partial charge in [-0.25, -0.2) is 0 Å². The number of esters is 1. The van der Waals surface area contributed by atoms with E-state index in [0.717, 1.165) is 17.7 Å². The lowest BCUT2D eigenvalue weighted by Gasteiger charge is -2.30. The monoisotopic (exact) mass is 479 g/mol. The molecule has 184 valence electrons. The van der Waals surface area contributed by atoms with Crippen LogP contribution in [0.1, 0.15) is 72.7 Å². The van der Waals surface area contributed by atoms with Crippen LogP contribution in [0.2, 0.25) is 0 Å². The number of benzene rings is 1. The molecule has 0 spiro atoms. The van der Waals surface area contributed by atoms with Gasteiger partial charge in [0.25, 0.3) is 11.8 Å². The third-order valence-electron chi connectivity index (χ3n) is 6.24. The van der Waals surface area contributed by atoms with E-state index in [-0.39, 0.29) is 42.4 Å². The summed E-state index contributed by atoms with van der Waals surface area (Å²) >= 11 is 0. The van der Waals surface area contributed by atoms with Crippen molar-refractivity contribution < 1.29 is 28.7 Å². The number of carbonyl (C=O) groups is 5. The Morgan fingerprint density at radius 2 is 1.80 bits per heavy atom. The molecule has 2 fully saturated rings. The van der Waals surface area contributed by atoms with Gasteiger partial charge in [0.2, 0.25) is 11.8 Å². The molecular formula is C26H29N3O6. The van der Waals surface area contributed by atoms with Crippen LogP contribution in [-0.4, -0.2) is 70.7 Å². The van der Waals surface area contributed by atoms with E-state index in [1.54, 1.807) is 18.2 Å². The van der Waals surface area contributed by atoms with E-state index >= 15 is 0 Å². The Morgan fingerprint density at radius 1 is 1.09 bits per heavy atom. The molecule has 4 amide bonds. The molecule has 35 heavy (non-hydrogen) atoms. The third kappa shape index (κ3) is 5.43. The number of hydrogen-bond acceptors (Lipinski definition) is 7. The standard InChI is InChI=1S/C26H29N3O6/c1-26(2,3)35-21(31)15-28-13-11-16(12-14-28)7-8-17-5-4-6-18-22(17)25(34)29(24(18)33)19-9-10-20(30)27-23(19)32/h4-6,16,19H,9-15H2,1-3H3,(H,27,30,32). The van der Waals surface area contributed by atoms with Crippen molar-refractivity contribution in [2.75, 3.05) is 19.6 Å². The van der Waals surface area contributed by atoms with E-state index < -0.39 is 35.3 Å². The fourth-order valence-electron chi connectivity index (χ4n) is 4.59. The Morgan fingerprint density at radius 3 is 2.46 bits per heavy atom. The fraction of sp³-hybridized carbons (Fsp3) is 0.500. The van der Waals surface area contributed by atoms with E-state index in [2.05, 4.69) is 17.2 Å². The summed E-state index contributed by atoms with van der Waals surface area (Å²) in [4.78, 5) is 64.9. The molecule has 1 aromatic rings. The number of likely N-dealkylation sites (tertiary alicyclic amines) is 1. The van der Waals surface area contributed by atoms with Gasteiger partial charge in [-0.15, -0.1) is 0 Å². The predicted molar refractivity (Wildman–Crippen MR) is 125 cm³/mol. The van der Waals surface area contributed by atoms with Gasteiger partial charge in [0, 0.05) is 17.9 Å². The number of rotatable bonds is 3. The SMILES string of the molecule is CC(C)(C)OC(=O)CN1CCC(C#Cc2cccc3c2C(=O)N(C2CCC(=O)NC2=O)C3=O)CC1. The molecule has 0 bridgehead atoms. The molecule has 2 saturated heterocycles. The van der Waals surface area contributed by atoms with E-state index in [4.69, 9.17) is 4.74 Å². The quantitative estimate of drug-likeness (QED) is 0.397. The number of hydrogen-bond donors (Lipinski definition) is 1. The lowest BCUT2D eigenvalue weighted by atomic mass is 9.96. The van der Waals surface area contributed by atoms with Crippen molar-refractivity contribution in [3.05, 3.63) is 34.9 Å². The van der Waals surface area contributed by atoms with Gasteiger partial charge in [-0.3, -0.25) is 39.1 Å². The highest BCUT2D eigenvalue weighted by atomic mass is 16.6. The summed E-state index contributed by atoms with van der Waals surface area (Å²) in [6.45, 7) is 7.20. The smallest absolute Gasteiger partial charge is 0.320 e. The summed E-state index contributed by atoms with van der Waals surface area (Å²) in [5.41, 5.74) is 0.367. The van der Waals surface area contributed by atoms with Crippen LogP contribution in [-0.2, 0) is 19.1 Å². The number of fused-ring (bicyclic) bond motifs is 1. The lowest BCUT2D eigenvalue weighted by molar-refractivity contribution is -0.156.